The van der Waals surface area contributed by atoms with Gasteiger partial charge in [-0.3, -0.25) is 13.9 Å². The van der Waals surface area contributed by atoms with Gasteiger partial charge in [0.1, 0.15) is 12.6 Å². The van der Waals surface area contributed by atoms with Crippen LogP contribution in [-0.4, -0.2) is 44.3 Å². The minimum atomic E-state index is -4.25. The molecule has 0 bridgehead atoms. The summed E-state index contributed by atoms with van der Waals surface area (Å²) in [6.07, 6.45) is 0.895. The van der Waals surface area contributed by atoms with E-state index in [-0.39, 0.29) is 29.5 Å². The van der Waals surface area contributed by atoms with Crippen LogP contribution in [0.4, 0.5) is 5.69 Å². The van der Waals surface area contributed by atoms with Crippen molar-refractivity contribution >= 4 is 62.3 Å². The predicted octanol–water partition coefficient (Wildman–Crippen LogP) is 7.63. The third kappa shape index (κ3) is 8.82. The number of sulfonamides is 1. The van der Waals surface area contributed by atoms with E-state index >= 15 is 0 Å². The molecule has 0 saturated carbocycles. The number of rotatable bonds is 13. The number of amides is 2. The summed E-state index contributed by atoms with van der Waals surface area (Å²) in [6.45, 7) is 5.39. The van der Waals surface area contributed by atoms with Crippen LogP contribution in [0.25, 0.3) is 0 Å². The third-order valence-corrected chi connectivity index (χ3v) is 10.4. The van der Waals surface area contributed by atoms with E-state index < -0.39 is 28.5 Å². The summed E-state index contributed by atoms with van der Waals surface area (Å²) in [5.74, 6) is -0.948. The fourth-order valence-corrected chi connectivity index (χ4v) is 6.76. The normalized spacial score (nSPS) is 12.0. The number of hydrogen-bond donors (Lipinski definition) is 1. The van der Waals surface area contributed by atoms with Crippen LogP contribution in [0.2, 0.25) is 15.1 Å². The molecule has 0 saturated heterocycles. The largest absolute Gasteiger partial charge is 0.354 e. The van der Waals surface area contributed by atoms with Crippen LogP contribution >= 0.6 is 34.8 Å². The lowest BCUT2D eigenvalue weighted by Crippen LogP contribution is -2.53. The van der Waals surface area contributed by atoms with E-state index in [0.717, 1.165) is 21.0 Å². The van der Waals surface area contributed by atoms with E-state index in [0.29, 0.717) is 33.6 Å². The highest BCUT2D eigenvalue weighted by Gasteiger charge is 2.34. The summed E-state index contributed by atoms with van der Waals surface area (Å²) in [6, 6.07) is 24.6. The third-order valence-electron chi connectivity index (χ3n) is 7.49. The van der Waals surface area contributed by atoms with Crippen molar-refractivity contribution in [2.24, 2.45) is 0 Å². The zero-order valence-electron chi connectivity index (χ0n) is 25.8. The van der Waals surface area contributed by atoms with Gasteiger partial charge in [0.2, 0.25) is 11.8 Å². The summed E-state index contributed by atoms with van der Waals surface area (Å²) >= 11 is 19.0. The lowest BCUT2D eigenvalue weighted by atomic mass is 10.0. The second kappa shape index (κ2) is 15.8. The molecule has 4 rings (SSSR count). The molecule has 0 aliphatic heterocycles. The van der Waals surface area contributed by atoms with Crippen LogP contribution in [0.5, 0.6) is 0 Å². The van der Waals surface area contributed by atoms with E-state index in [4.69, 9.17) is 34.8 Å². The van der Waals surface area contributed by atoms with E-state index in [1.54, 1.807) is 49.4 Å². The maximum Gasteiger partial charge on any atom is 0.264 e. The fraction of sp³-hybridized carbons (Fsp3) is 0.257. The Balaban J connectivity index is 1.82. The number of nitrogens with zero attached hydrogens (tertiary/aromatic N) is 2. The molecule has 1 N–H and O–H groups in total. The second-order valence-corrected chi connectivity index (χ2v) is 14.1. The van der Waals surface area contributed by atoms with E-state index in [1.165, 1.54) is 23.1 Å². The maximum atomic E-state index is 14.5. The zero-order chi connectivity index (χ0) is 33.4. The van der Waals surface area contributed by atoms with E-state index in [2.05, 4.69) is 5.32 Å². The molecule has 2 amide bonds. The Kier molecular flexibility index (Phi) is 12.1. The standard InChI is InChI=1S/C35H36Cl3N3O4S/c1-4-18-39-35(43)33(20-26-8-6-5-7-9-26)40(22-27-13-17-30(36)32(38)19-27)34(42)23-41(28-14-12-25(3)31(37)21-28)46(44,45)29-15-10-24(2)11-16-29/h5-17,19,21,33H,4,18,20,22-23H2,1-3H3,(H,39,43)/t33-/m0/s1. The number of anilines is 1. The van der Waals surface area contributed by atoms with Gasteiger partial charge in [0.25, 0.3) is 10.0 Å². The first-order valence-electron chi connectivity index (χ1n) is 14.8. The van der Waals surface area contributed by atoms with Gasteiger partial charge < -0.3 is 10.2 Å². The lowest BCUT2D eigenvalue weighted by Gasteiger charge is -2.34. The minimum Gasteiger partial charge on any atom is -0.354 e. The van der Waals surface area contributed by atoms with Crippen molar-refractivity contribution in [2.75, 3.05) is 17.4 Å². The van der Waals surface area contributed by atoms with E-state index in [1.807, 2.05) is 44.2 Å². The summed E-state index contributed by atoms with van der Waals surface area (Å²) in [7, 11) is -4.25. The topological polar surface area (TPSA) is 86.8 Å². The van der Waals surface area contributed by atoms with Crippen LogP contribution in [0, 0.1) is 13.8 Å². The quantitative estimate of drug-likeness (QED) is 0.156. The van der Waals surface area contributed by atoms with Gasteiger partial charge in [-0.05, 0) is 73.4 Å². The number of aryl methyl sites for hydroxylation is 2. The molecule has 0 unspecified atom stereocenters. The molecule has 1 atom stereocenters. The average Bonchev–Trinajstić information content (AvgIpc) is 3.04. The van der Waals surface area contributed by atoms with Gasteiger partial charge in [-0.15, -0.1) is 0 Å². The summed E-state index contributed by atoms with van der Waals surface area (Å²) in [5, 5.41) is 3.91. The van der Waals surface area contributed by atoms with Crippen LogP contribution in [0.15, 0.2) is 95.9 Å². The number of halogens is 3. The highest BCUT2D eigenvalue weighted by atomic mass is 35.5. The van der Waals surface area contributed by atoms with Gasteiger partial charge in [0.05, 0.1) is 20.6 Å². The molecule has 0 heterocycles. The lowest BCUT2D eigenvalue weighted by molar-refractivity contribution is -0.140. The van der Waals surface area contributed by atoms with Crippen molar-refractivity contribution in [3.8, 4) is 0 Å². The Bertz CT molecular complexity index is 1790. The molecule has 11 heteroatoms. The highest BCUT2D eigenvalue weighted by Crippen LogP contribution is 2.30. The Morgan fingerprint density at radius 3 is 2.13 bits per heavy atom. The molecule has 0 aliphatic carbocycles. The van der Waals surface area contributed by atoms with Gasteiger partial charge in [-0.25, -0.2) is 8.42 Å². The Morgan fingerprint density at radius 2 is 1.50 bits per heavy atom. The molecule has 46 heavy (non-hydrogen) atoms. The molecule has 0 fully saturated rings. The molecule has 0 aliphatic rings. The number of carbonyl (C=O) groups is 2. The number of hydrogen-bond acceptors (Lipinski definition) is 4. The molecular formula is C35H36Cl3N3O4S. The van der Waals surface area contributed by atoms with Crippen LogP contribution in [0.1, 0.15) is 35.6 Å². The molecule has 0 spiro atoms. The average molecular weight is 701 g/mol. The number of benzene rings is 4. The van der Waals surface area contributed by atoms with Crippen LogP contribution in [0.3, 0.4) is 0 Å². The molecule has 0 radical (unpaired) electrons. The van der Waals surface area contributed by atoms with Crippen molar-refractivity contribution in [3.63, 3.8) is 0 Å². The molecular weight excluding hydrogens is 665 g/mol. The van der Waals surface area contributed by atoms with Crippen LogP contribution < -0.4 is 9.62 Å². The van der Waals surface area contributed by atoms with Crippen molar-refractivity contribution < 1.29 is 18.0 Å². The fourth-order valence-electron chi connectivity index (χ4n) is 4.86. The summed E-state index contributed by atoms with van der Waals surface area (Å²) in [4.78, 5) is 29.7. The smallest absolute Gasteiger partial charge is 0.264 e. The highest BCUT2D eigenvalue weighted by molar-refractivity contribution is 7.92. The Hall–Kier alpha value is -3.56. The molecule has 7 nitrogen and oxygen atoms in total. The van der Waals surface area contributed by atoms with Gasteiger partial charge >= 0.3 is 0 Å². The van der Waals surface area contributed by atoms with E-state index in [9.17, 15) is 18.0 Å². The molecule has 0 aromatic heterocycles. The summed E-state index contributed by atoms with van der Waals surface area (Å²) in [5.41, 5.74) is 3.31. The molecule has 4 aromatic carbocycles. The van der Waals surface area contributed by atoms with Gasteiger partial charge in [-0.2, -0.15) is 0 Å². The van der Waals surface area contributed by atoms with Gasteiger partial charge in [0.15, 0.2) is 0 Å². The van der Waals surface area contributed by atoms with Crippen molar-refractivity contribution in [1.29, 1.82) is 0 Å². The van der Waals surface area contributed by atoms with Crippen molar-refractivity contribution in [2.45, 2.75) is 51.1 Å². The van der Waals surface area contributed by atoms with Crippen molar-refractivity contribution in [3.05, 3.63) is 128 Å². The Morgan fingerprint density at radius 1 is 0.804 bits per heavy atom. The summed E-state index contributed by atoms with van der Waals surface area (Å²) < 4.78 is 29.4. The monoisotopic (exact) mass is 699 g/mol. The maximum absolute atomic E-state index is 14.5. The van der Waals surface area contributed by atoms with Gasteiger partial charge in [0, 0.05) is 24.5 Å². The van der Waals surface area contributed by atoms with Crippen molar-refractivity contribution in [1.82, 2.24) is 10.2 Å². The Labute approximate surface area is 286 Å². The molecule has 242 valence electrons. The number of carbonyl (C=O) groups excluding carboxylic acids is 2. The first kappa shape index (κ1) is 35.3. The first-order chi connectivity index (χ1) is 21.9. The zero-order valence-corrected chi connectivity index (χ0v) is 28.9. The van der Waals surface area contributed by atoms with Gasteiger partial charge in [-0.1, -0.05) is 102 Å². The second-order valence-electron chi connectivity index (χ2n) is 11.0. The number of nitrogens with one attached hydrogen (secondary N) is 1. The first-order valence-corrected chi connectivity index (χ1v) is 17.4. The van der Waals surface area contributed by atoms with Crippen LogP contribution in [-0.2, 0) is 32.6 Å². The SMILES string of the molecule is CCCNC(=O)[C@H](Cc1ccccc1)N(Cc1ccc(Cl)c(Cl)c1)C(=O)CN(c1ccc(C)c(Cl)c1)S(=O)(=O)c1ccc(C)cc1. The minimum absolute atomic E-state index is 0.0140. The predicted molar refractivity (Wildman–Crippen MR) is 186 cm³/mol. The molecule has 4 aromatic rings.